The minimum Gasteiger partial charge on any atom is -0.460 e. The van der Waals surface area contributed by atoms with Crippen LogP contribution >= 0.6 is 15.9 Å². The first kappa shape index (κ1) is 20.4. The van der Waals surface area contributed by atoms with Gasteiger partial charge in [0.2, 0.25) is 0 Å². The molecule has 150 valence electrons. The molecule has 1 aromatic carbocycles. The van der Waals surface area contributed by atoms with Crippen molar-refractivity contribution in [2.45, 2.75) is 13.2 Å². The van der Waals surface area contributed by atoms with Crippen LogP contribution in [0.2, 0.25) is 0 Å². The molecule has 0 radical (unpaired) electrons. The lowest BCUT2D eigenvalue weighted by Gasteiger charge is -2.04. The van der Waals surface area contributed by atoms with E-state index in [1.165, 1.54) is 47.3 Å². The molecular weight excluding hydrogens is 456 g/mol. The van der Waals surface area contributed by atoms with Crippen molar-refractivity contribution < 1.29 is 27.7 Å². The summed E-state index contributed by atoms with van der Waals surface area (Å²) in [5, 5.41) is 14.7. The fraction of sp³-hybridized carbons (Fsp3) is 0.111. The Kier molecular flexibility index (Phi) is 6.17. The standard InChI is InChI=1S/C18H12BrF2N3O5/c19-15-10-23(22-17(15)24(26)27)9-14-6-5-12(28-14)7-8-16(25)11-1-3-13(4-2-11)29-18(20)21/h1-8,10,18H,9H2/b8-7+. The Labute approximate surface area is 170 Å². The van der Waals surface area contributed by atoms with Crippen LogP contribution in [-0.2, 0) is 6.54 Å². The fourth-order valence-electron chi connectivity index (χ4n) is 2.37. The predicted molar refractivity (Wildman–Crippen MR) is 101 cm³/mol. The molecule has 11 heteroatoms. The van der Waals surface area contributed by atoms with Crippen molar-refractivity contribution in [3.05, 3.63) is 80.3 Å². The van der Waals surface area contributed by atoms with Gasteiger partial charge in [0.25, 0.3) is 0 Å². The largest absolute Gasteiger partial charge is 0.460 e. The first-order valence-corrected chi connectivity index (χ1v) is 8.84. The molecule has 3 rings (SSSR count). The van der Waals surface area contributed by atoms with Crippen LogP contribution in [0.5, 0.6) is 5.75 Å². The Balaban J connectivity index is 1.63. The number of ketones is 1. The SMILES string of the molecule is O=C(/C=C/c1ccc(Cn2cc(Br)c([N+](=O)[O-])n2)o1)c1ccc(OC(F)F)cc1. The summed E-state index contributed by atoms with van der Waals surface area (Å²) in [7, 11) is 0. The number of hydrogen-bond donors (Lipinski definition) is 0. The third kappa shape index (κ3) is 5.35. The molecule has 0 amide bonds. The average molecular weight is 468 g/mol. The number of nitrogens with zero attached hydrogens (tertiary/aromatic N) is 3. The lowest BCUT2D eigenvalue weighted by molar-refractivity contribution is -0.390. The fourth-order valence-corrected chi connectivity index (χ4v) is 2.84. The van der Waals surface area contributed by atoms with Gasteiger partial charge in [0, 0.05) is 5.56 Å². The molecule has 0 aliphatic rings. The topological polar surface area (TPSA) is 100 Å². The van der Waals surface area contributed by atoms with E-state index in [9.17, 15) is 23.7 Å². The third-order valence-electron chi connectivity index (χ3n) is 3.64. The van der Waals surface area contributed by atoms with E-state index < -0.39 is 11.5 Å². The number of furan rings is 1. The lowest BCUT2D eigenvalue weighted by atomic mass is 10.1. The Hall–Kier alpha value is -3.34. The second-order valence-corrected chi connectivity index (χ2v) is 6.51. The van der Waals surface area contributed by atoms with E-state index in [4.69, 9.17) is 4.42 Å². The highest BCUT2D eigenvalue weighted by Gasteiger charge is 2.19. The van der Waals surface area contributed by atoms with Crippen molar-refractivity contribution in [1.29, 1.82) is 0 Å². The Morgan fingerprint density at radius 1 is 1.31 bits per heavy atom. The van der Waals surface area contributed by atoms with E-state index in [0.29, 0.717) is 17.1 Å². The molecule has 2 heterocycles. The molecule has 0 N–H and O–H groups in total. The number of benzene rings is 1. The zero-order chi connectivity index (χ0) is 21.0. The number of nitro groups is 1. The van der Waals surface area contributed by atoms with Crippen molar-refractivity contribution >= 4 is 33.6 Å². The second kappa shape index (κ2) is 8.78. The van der Waals surface area contributed by atoms with E-state index in [0.717, 1.165) is 0 Å². The Morgan fingerprint density at radius 3 is 2.66 bits per heavy atom. The molecule has 0 atom stereocenters. The van der Waals surface area contributed by atoms with Gasteiger partial charge in [0.1, 0.15) is 28.3 Å². The first-order valence-electron chi connectivity index (χ1n) is 8.05. The number of ether oxygens (including phenoxy) is 1. The van der Waals surface area contributed by atoms with E-state index >= 15 is 0 Å². The van der Waals surface area contributed by atoms with Crippen LogP contribution in [0.4, 0.5) is 14.6 Å². The number of rotatable bonds is 8. The summed E-state index contributed by atoms with van der Waals surface area (Å²) in [6.07, 6.45) is 4.19. The van der Waals surface area contributed by atoms with Crippen molar-refractivity contribution in [2.75, 3.05) is 0 Å². The van der Waals surface area contributed by atoms with Crippen LogP contribution in [0.15, 0.2) is 57.6 Å². The number of hydrogen-bond acceptors (Lipinski definition) is 6. The summed E-state index contributed by atoms with van der Waals surface area (Å²) in [4.78, 5) is 22.4. The summed E-state index contributed by atoms with van der Waals surface area (Å²) >= 11 is 3.07. The average Bonchev–Trinajstić information content (AvgIpc) is 3.26. The monoisotopic (exact) mass is 467 g/mol. The Bertz CT molecular complexity index is 1060. The summed E-state index contributed by atoms with van der Waals surface area (Å²) in [6, 6.07) is 8.59. The zero-order valence-corrected chi connectivity index (χ0v) is 16.1. The van der Waals surface area contributed by atoms with Gasteiger partial charge in [0.05, 0.1) is 11.3 Å². The van der Waals surface area contributed by atoms with Gasteiger partial charge in [-0.2, -0.15) is 13.5 Å². The van der Waals surface area contributed by atoms with E-state index in [-0.39, 0.29) is 28.4 Å². The second-order valence-electron chi connectivity index (χ2n) is 5.66. The highest BCUT2D eigenvalue weighted by Crippen LogP contribution is 2.23. The number of carbonyl (C=O) groups is 1. The van der Waals surface area contributed by atoms with Crippen molar-refractivity contribution in [3.63, 3.8) is 0 Å². The number of aromatic nitrogens is 2. The summed E-state index contributed by atoms with van der Waals surface area (Å²) in [5.41, 5.74) is 0.295. The van der Waals surface area contributed by atoms with Gasteiger partial charge in [-0.15, -0.1) is 0 Å². The maximum absolute atomic E-state index is 12.2. The molecule has 29 heavy (non-hydrogen) atoms. The van der Waals surface area contributed by atoms with Crippen LogP contribution in [0.1, 0.15) is 21.9 Å². The lowest BCUT2D eigenvalue weighted by Crippen LogP contribution is -2.02. The van der Waals surface area contributed by atoms with Crippen LogP contribution in [0.3, 0.4) is 0 Å². The molecule has 0 fully saturated rings. The van der Waals surface area contributed by atoms with E-state index in [1.807, 2.05) is 0 Å². The highest BCUT2D eigenvalue weighted by atomic mass is 79.9. The van der Waals surface area contributed by atoms with Gasteiger partial charge in [-0.05, 0) is 69.4 Å². The normalized spacial score (nSPS) is 11.3. The minimum atomic E-state index is -2.93. The molecule has 2 aromatic heterocycles. The number of alkyl halides is 2. The molecule has 0 aliphatic heterocycles. The zero-order valence-electron chi connectivity index (χ0n) is 14.5. The number of halogens is 3. The predicted octanol–water partition coefficient (Wildman–Crippen LogP) is 4.69. The molecule has 0 spiro atoms. The van der Waals surface area contributed by atoms with Gasteiger partial charge in [-0.3, -0.25) is 4.79 Å². The van der Waals surface area contributed by atoms with Crippen LogP contribution in [0, 0.1) is 10.1 Å². The van der Waals surface area contributed by atoms with Gasteiger partial charge in [-0.25, -0.2) is 0 Å². The smallest absolute Gasteiger partial charge is 0.404 e. The third-order valence-corrected chi connectivity index (χ3v) is 4.19. The summed E-state index contributed by atoms with van der Waals surface area (Å²) < 4.78 is 35.7. The van der Waals surface area contributed by atoms with Crippen molar-refractivity contribution in [3.8, 4) is 5.75 Å². The van der Waals surface area contributed by atoms with Gasteiger partial charge < -0.3 is 19.3 Å². The minimum absolute atomic E-state index is 0.0401. The first-order chi connectivity index (χ1) is 13.8. The molecule has 0 unspecified atom stereocenters. The molecule has 0 saturated carbocycles. The molecule has 3 aromatic rings. The quantitative estimate of drug-likeness (QED) is 0.206. The highest BCUT2D eigenvalue weighted by molar-refractivity contribution is 9.10. The molecule has 0 saturated heterocycles. The van der Waals surface area contributed by atoms with Gasteiger partial charge in [-0.1, -0.05) is 0 Å². The van der Waals surface area contributed by atoms with Crippen molar-refractivity contribution in [1.82, 2.24) is 9.78 Å². The van der Waals surface area contributed by atoms with Crippen LogP contribution < -0.4 is 4.74 Å². The molecule has 0 aliphatic carbocycles. The maximum Gasteiger partial charge on any atom is 0.404 e. The van der Waals surface area contributed by atoms with E-state index in [1.54, 1.807) is 12.1 Å². The number of allylic oxidation sites excluding steroid dienone is 1. The molecule has 0 bridgehead atoms. The molecule has 8 nitrogen and oxygen atoms in total. The Morgan fingerprint density at radius 2 is 2.03 bits per heavy atom. The van der Waals surface area contributed by atoms with Crippen LogP contribution in [0.25, 0.3) is 6.08 Å². The van der Waals surface area contributed by atoms with Gasteiger partial charge >= 0.3 is 12.4 Å². The van der Waals surface area contributed by atoms with Crippen LogP contribution in [-0.4, -0.2) is 27.1 Å². The summed E-state index contributed by atoms with van der Waals surface area (Å²) in [6.45, 7) is -2.77. The molecular formula is C18H12BrF2N3O5. The van der Waals surface area contributed by atoms with Crippen molar-refractivity contribution in [2.24, 2.45) is 0 Å². The summed E-state index contributed by atoms with van der Waals surface area (Å²) in [5.74, 6) is 0.189. The number of carbonyl (C=O) groups excluding carboxylic acids is 1. The van der Waals surface area contributed by atoms with E-state index in [2.05, 4.69) is 25.8 Å². The van der Waals surface area contributed by atoms with Gasteiger partial charge in [0.15, 0.2) is 5.78 Å². The maximum atomic E-state index is 12.2.